The van der Waals surface area contributed by atoms with E-state index in [1.807, 2.05) is 6.92 Å². The van der Waals surface area contributed by atoms with Crippen LogP contribution >= 0.6 is 11.3 Å². The molecule has 7 heteroatoms. The van der Waals surface area contributed by atoms with Gasteiger partial charge in [-0.15, -0.1) is 11.3 Å². The zero-order valence-electron chi connectivity index (χ0n) is 9.86. The van der Waals surface area contributed by atoms with Gasteiger partial charge in [0.1, 0.15) is 11.7 Å². The van der Waals surface area contributed by atoms with E-state index in [2.05, 4.69) is 15.6 Å². The van der Waals surface area contributed by atoms with Gasteiger partial charge < -0.3 is 5.32 Å². The predicted octanol–water partition coefficient (Wildman–Crippen LogP) is 0.240. The molecule has 18 heavy (non-hydrogen) atoms. The van der Waals surface area contributed by atoms with Gasteiger partial charge in [-0.3, -0.25) is 19.7 Å². The van der Waals surface area contributed by atoms with Crippen LogP contribution in [0.3, 0.4) is 0 Å². The van der Waals surface area contributed by atoms with Crippen molar-refractivity contribution >= 4 is 29.1 Å². The van der Waals surface area contributed by atoms with Crippen molar-refractivity contribution in [2.75, 3.05) is 0 Å². The van der Waals surface area contributed by atoms with Crippen molar-refractivity contribution < 1.29 is 14.4 Å². The number of carbonyl (C=O) groups excluding carboxylic acids is 3. The SMILES string of the molecule is CCc1nc(C(=O)NC2CCC(=O)NC2=O)cs1. The molecule has 0 aromatic carbocycles. The molecule has 1 aromatic rings. The molecule has 0 bridgehead atoms. The van der Waals surface area contributed by atoms with Gasteiger partial charge in [0.25, 0.3) is 5.91 Å². The molecular formula is C11H13N3O3S. The van der Waals surface area contributed by atoms with E-state index in [0.29, 0.717) is 12.1 Å². The Kier molecular flexibility index (Phi) is 3.71. The monoisotopic (exact) mass is 267 g/mol. The van der Waals surface area contributed by atoms with Crippen molar-refractivity contribution in [3.63, 3.8) is 0 Å². The summed E-state index contributed by atoms with van der Waals surface area (Å²) in [6.07, 6.45) is 1.35. The maximum atomic E-state index is 11.8. The maximum Gasteiger partial charge on any atom is 0.271 e. The number of thiazole rings is 1. The minimum absolute atomic E-state index is 0.244. The maximum absolute atomic E-state index is 11.8. The van der Waals surface area contributed by atoms with Crippen LogP contribution in [0.5, 0.6) is 0 Å². The van der Waals surface area contributed by atoms with E-state index in [-0.39, 0.29) is 18.2 Å². The lowest BCUT2D eigenvalue weighted by Crippen LogP contribution is -2.52. The lowest BCUT2D eigenvalue weighted by atomic mass is 10.1. The van der Waals surface area contributed by atoms with Gasteiger partial charge in [-0.1, -0.05) is 6.92 Å². The summed E-state index contributed by atoms with van der Waals surface area (Å²) in [7, 11) is 0. The molecule has 3 amide bonds. The summed E-state index contributed by atoms with van der Waals surface area (Å²) < 4.78 is 0. The largest absolute Gasteiger partial charge is 0.339 e. The highest BCUT2D eigenvalue weighted by atomic mass is 32.1. The number of carbonyl (C=O) groups is 3. The lowest BCUT2D eigenvalue weighted by Gasteiger charge is -2.21. The second kappa shape index (κ2) is 5.26. The molecule has 0 spiro atoms. The first-order valence-electron chi connectivity index (χ1n) is 5.69. The summed E-state index contributed by atoms with van der Waals surface area (Å²) in [5.41, 5.74) is 0.321. The molecule has 0 aliphatic carbocycles. The normalized spacial score (nSPS) is 19.5. The second-order valence-electron chi connectivity index (χ2n) is 3.96. The quantitative estimate of drug-likeness (QED) is 0.768. The minimum Gasteiger partial charge on any atom is -0.339 e. The number of aromatic nitrogens is 1. The molecule has 1 aliphatic rings. The molecule has 2 rings (SSSR count). The molecule has 0 radical (unpaired) electrons. The number of nitrogens with one attached hydrogen (secondary N) is 2. The highest BCUT2D eigenvalue weighted by Crippen LogP contribution is 2.11. The zero-order chi connectivity index (χ0) is 13.1. The first-order chi connectivity index (χ1) is 8.60. The third-order valence-electron chi connectivity index (χ3n) is 2.63. The number of hydrogen-bond acceptors (Lipinski definition) is 5. The predicted molar refractivity (Wildman–Crippen MR) is 65.1 cm³/mol. The van der Waals surface area contributed by atoms with Crippen LogP contribution in [0.25, 0.3) is 0 Å². The fourth-order valence-electron chi connectivity index (χ4n) is 1.64. The van der Waals surface area contributed by atoms with Crippen LogP contribution in [0.1, 0.15) is 35.3 Å². The average Bonchev–Trinajstić information content (AvgIpc) is 2.81. The molecule has 1 saturated heterocycles. The number of aryl methyl sites for hydroxylation is 1. The Morgan fingerprint density at radius 1 is 1.61 bits per heavy atom. The van der Waals surface area contributed by atoms with Crippen LogP contribution in [0, 0.1) is 0 Å². The molecule has 96 valence electrons. The Morgan fingerprint density at radius 2 is 2.39 bits per heavy atom. The van der Waals surface area contributed by atoms with Gasteiger partial charge >= 0.3 is 0 Å². The van der Waals surface area contributed by atoms with Crippen molar-refractivity contribution in [2.24, 2.45) is 0 Å². The van der Waals surface area contributed by atoms with Gasteiger partial charge in [-0.25, -0.2) is 4.98 Å². The molecule has 1 unspecified atom stereocenters. The van der Waals surface area contributed by atoms with Gasteiger partial charge in [0.2, 0.25) is 11.8 Å². The number of piperidine rings is 1. The average molecular weight is 267 g/mol. The van der Waals surface area contributed by atoms with E-state index in [4.69, 9.17) is 0 Å². The first-order valence-corrected chi connectivity index (χ1v) is 6.57. The molecule has 1 aromatic heterocycles. The van der Waals surface area contributed by atoms with Crippen LogP contribution in [0.15, 0.2) is 5.38 Å². The van der Waals surface area contributed by atoms with Crippen molar-refractivity contribution in [3.05, 3.63) is 16.1 Å². The number of amides is 3. The van der Waals surface area contributed by atoms with E-state index in [1.165, 1.54) is 11.3 Å². The second-order valence-corrected chi connectivity index (χ2v) is 4.90. The topological polar surface area (TPSA) is 88.2 Å². The van der Waals surface area contributed by atoms with Crippen LogP contribution in [-0.2, 0) is 16.0 Å². The molecule has 1 aliphatic heterocycles. The van der Waals surface area contributed by atoms with Gasteiger partial charge in [-0.2, -0.15) is 0 Å². The molecular weight excluding hydrogens is 254 g/mol. The fourth-order valence-corrected chi connectivity index (χ4v) is 2.37. The summed E-state index contributed by atoms with van der Waals surface area (Å²) in [4.78, 5) is 38.4. The molecule has 6 nitrogen and oxygen atoms in total. The van der Waals surface area contributed by atoms with Crippen LogP contribution in [0.2, 0.25) is 0 Å². The fraction of sp³-hybridized carbons (Fsp3) is 0.455. The van der Waals surface area contributed by atoms with E-state index in [1.54, 1.807) is 5.38 Å². The van der Waals surface area contributed by atoms with Crippen LogP contribution in [0.4, 0.5) is 0 Å². The molecule has 1 atom stereocenters. The van der Waals surface area contributed by atoms with Crippen molar-refractivity contribution in [2.45, 2.75) is 32.2 Å². The third kappa shape index (κ3) is 2.73. The van der Waals surface area contributed by atoms with Gasteiger partial charge in [0.05, 0.1) is 5.01 Å². The van der Waals surface area contributed by atoms with E-state index in [9.17, 15) is 14.4 Å². The van der Waals surface area contributed by atoms with Crippen LogP contribution in [-0.4, -0.2) is 28.7 Å². The minimum atomic E-state index is -0.651. The Labute approximate surface area is 108 Å². The summed E-state index contributed by atoms with van der Waals surface area (Å²) in [6, 6.07) is -0.651. The zero-order valence-corrected chi connectivity index (χ0v) is 10.7. The number of imide groups is 1. The van der Waals surface area contributed by atoms with Crippen molar-refractivity contribution in [1.82, 2.24) is 15.6 Å². The third-order valence-corrected chi connectivity index (χ3v) is 3.62. The highest BCUT2D eigenvalue weighted by Gasteiger charge is 2.28. The number of nitrogens with zero attached hydrogens (tertiary/aromatic N) is 1. The van der Waals surface area contributed by atoms with E-state index in [0.717, 1.165) is 11.4 Å². The summed E-state index contributed by atoms with van der Waals surface area (Å²) in [5.74, 6) is -1.13. The van der Waals surface area contributed by atoms with Gasteiger partial charge in [0.15, 0.2) is 0 Å². The van der Waals surface area contributed by atoms with Crippen molar-refractivity contribution in [3.8, 4) is 0 Å². The summed E-state index contributed by atoms with van der Waals surface area (Å²) >= 11 is 1.41. The standard InChI is InChI=1S/C11H13N3O3S/c1-2-9-12-7(5-18-9)11(17)13-6-3-4-8(15)14-10(6)16/h5-6H,2-4H2,1H3,(H,13,17)(H,14,15,16). The highest BCUT2D eigenvalue weighted by molar-refractivity contribution is 7.09. The summed E-state index contributed by atoms with van der Waals surface area (Å²) in [6.45, 7) is 1.96. The molecule has 2 N–H and O–H groups in total. The Balaban J connectivity index is 1.99. The molecule has 1 fully saturated rings. The smallest absolute Gasteiger partial charge is 0.271 e. The Hall–Kier alpha value is -1.76. The number of hydrogen-bond donors (Lipinski definition) is 2. The van der Waals surface area contributed by atoms with E-state index >= 15 is 0 Å². The molecule has 0 saturated carbocycles. The van der Waals surface area contributed by atoms with E-state index < -0.39 is 11.9 Å². The lowest BCUT2D eigenvalue weighted by molar-refractivity contribution is -0.134. The van der Waals surface area contributed by atoms with Crippen molar-refractivity contribution in [1.29, 1.82) is 0 Å². The Bertz CT molecular complexity index is 497. The number of rotatable bonds is 3. The van der Waals surface area contributed by atoms with Gasteiger partial charge in [0, 0.05) is 11.8 Å². The summed E-state index contributed by atoms with van der Waals surface area (Å²) in [5, 5.41) is 7.32. The van der Waals surface area contributed by atoms with Gasteiger partial charge in [-0.05, 0) is 12.8 Å². The first kappa shape index (κ1) is 12.7. The molecule has 2 heterocycles. The Morgan fingerprint density at radius 3 is 3.00 bits per heavy atom. The van der Waals surface area contributed by atoms with Crippen LogP contribution < -0.4 is 10.6 Å².